The topological polar surface area (TPSA) is 73.2 Å². The van der Waals surface area contributed by atoms with Crippen LogP contribution in [0.15, 0.2) is 12.7 Å². The van der Waals surface area contributed by atoms with Crippen LogP contribution in [0, 0.1) is 11.3 Å². The molecule has 0 aromatic heterocycles. The lowest BCUT2D eigenvalue weighted by molar-refractivity contribution is -0.144. The van der Waals surface area contributed by atoms with Crippen molar-refractivity contribution in [2.45, 2.75) is 0 Å². The van der Waals surface area contributed by atoms with Crippen molar-refractivity contribution in [2.24, 2.45) is 0 Å². The predicted molar refractivity (Wildman–Crippen MR) is 46.5 cm³/mol. The highest BCUT2D eigenvalue weighted by Gasteiger charge is 2.16. The molecule has 0 saturated heterocycles. The maximum Gasteiger partial charge on any atom is 0.311 e. The second-order valence-electron chi connectivity index (χ2n) is 2.32. The molecule has 5 heteroatoms. The van der Waals surface area contributed by atoms with E-state index in [-0.39, 0.29) is 6.54 Å². The van der Waals surface area contributed by atoms with Crippen molar-refractivity contribution in [2.75, 3.05) is 20.1 Å². The summed E-state index contributed by atoms with van der Waals surface area (Å²) >= 11 is 0. The van der Waals surface area contributed by atoms with E-state index in [1.54, 1.807) is 6.07 Å². The monoisotopic (exact) mass is 181 g/mol. The number of hydrogen-bond acceptors (Lipinski definition) is 3. The fourth-order valence-electron chi connectivity index (χ4n) is 0.645. The third kappa shape index (κ3) is 3.91. The summed E-state index contributed by atoms with van der Waals surface area (Å²) in [7, 11) is 1.48. The first kappa shape index (κ1) is 11.2. The third-order valence-corrected chi connectivity index (χ3v) is 1.27. The standard InChI is InChI=1S/C8H11N3O2/c1-3-6-11(2)8(13)7(12)10-5-4-9/h3H,1,5-6H2,2H3,(H,10,12). The summed E-state index contributed by atoms with van der Waals surface area (Å²) < 4.78 is 0. The zero-order valence-electron chi connectivity index (χ0n) is 7.41. The summed E-state index contributed by atoms with van der Waals surface area (Å²) in [6, 6.07) is 1.70. The SMILES string of the molecule is C=CCN(C)C(=O)C(=O)NCC#N. The highest BCUT2D eigenvalue weighted by Crippen LogP contribution is 1.84. The zero-order chi connectivity index (χ0) is 10.3. The first-order valence-electron chi connectivity index (χ1n) is 3.64. The van der Waals surface area contributed by atoms with Gasteiger partial charge in [0.25, 0.3) is 0 Å². The molecule has 0 saturated carbocycles. The molecule has 0 spiro atoms. The van der Waals surface area contributed by atoms with E-state index in [0.717, 1.165) is 0 Å². The molecule has 0 aromatic rings. The Labute approximate surface area is 76.6 Å². The van der Waals surface area contributed by atoms with E-state index in [1.165, 1.54) is 18.0 Å². The van der Waals surface area contributed by atoms with Gasteiger partial charge in [-0.25, -0.2) is 0 Å². The van der Waals surface area contributed by atoms with Crippen LogP contribution in [0.2, 0.25) is 0 Å². The van der Waals surface area contributed by atoms with E-state index >= 15 is 0 Å². The molecule has 2 amide bonds. The summed E-state index contributed by atoms with van der Waals surface area (Å²) in [5, 5.41) is 10.3. The second-order valence-corrected chi connectivity index (χ2v) is 2.32. The maximum atomic E-state index is 11.1. The van der Waals surface area contributed by atoms with E-state index < -0.39 is 11.8 Å². The molecule has 0 atom stereocenters. The molecule has 70 valence electrons. The molecule has 0 radical (unpaired) electrons. The molecular weight excluding hydrogens is 170 g/mol. The van der Waals surface area contributed by atoms with Crippen molar-refractivity contribution in [3.8, 4) is 6.07 Å². The molecule has 1 N–H and O–H groups in total. The number of rotatable bonds is 3. The van der Waals surface area contributed by atoms with Gasteiger partial charge in [0, 0.05) is 13.6 Å². The molecule has 0 bridgehead atoms. The summed E-state index contributed by atoms with van der Waals surface area (Å²) in [6.45, 7) is 3.57. The zero-order valence-corrected chi connectivity index (χ0v) is 7.41. The molecule has 0 aliphatic carbocycles. The van der Waals surface area contributed by atoms with Crippen molar-refractivity contribution in [1.29, 1.82) is 5.26 Å². The van der Waals surface area contributed by atoms with Gasteiger partial charge in [0.05, 0.1) is 6.07 Å². The van der Waals surface area contributed by atoms with Crippen molar-refractivity contribution in [3.63, 3.8) is 0 Å². The number of nitrogens with zero attached hydrogens (tertiary/aromatic N) is 2. The lowest BCUT2D eigenvalue weighted by atomic mass is 10.4. The second kappa shape index (κ2) is 5.77. The third-order valence-electron chi connectivity index (χ3n) is 1.27. The number of likely N-dealkylation sites (N-methyl/N-ethyl adjacent to an activating group) is 1. The van der Waals surface area contributed by atoms with Crippen molar-refractivity contribution in [3.05, 3.63) is 12.7 Å². The minimum Gasteiger partial charge on any atom is -0.335 e. The van der Waals surface area contributed by atoms with Crippen LogP contribution in [-0.4, -0.2) is 36.9 Å². The maximum absolute atomic E-state index is 11.1. The summed E-state index contributed by atoms with van der Waals surface area (Å²) in [6.07, 6.45) is 1.51. The molecular formula is C8H11N3O2. The fraction of sp³-hybridized carbons (Fsp3) is 0.375. The smallest absolute Gasteiger partial charge is 0.311 e. The van der Waals surface area contributed by atoms with Crippen LogP contribution in [-0.2, 0) is 9.59 Å². The van der Waals surface area contributed by atoms with Crippen LogP contribution in [0.5, 0.6) is 0 Å². The molecule has 0 heterocycles. The molecule has 0 rings (SSSR count). The first-order chi connectivity index (χ1) is 6.13. The van der Waals surface area contributed by atoms with Gasteiger partial charge < -0.3 is 10.2 Å². The summed E-state index contributed by atoms with van der Waals surface area (Å²) in [4.78, 5) is 23.2. The normalized spacial score (nSPS) is 8.31. The molecule has 0 unspecified atom stereocenters. The summed E-state index contributed by atoms with van der Waals surface area (Å²) in [5.74, 6) is -1.44. The van der Waals surface area contributed by atoms with Gasteiger partial charge in [0.15, 0.2) is 0 Å². The molecule has 0 fully saturated rings. The Morgan fingerprint density at radius 2 is 2.31 bits per heavy atom. The highest BCUT2D eigenvalue weighted by molar-refractivity contribution is 6.34. The quantitative estimate of drug-likeness (QED) is 0.354. The van der Waals surface area contributed by atoms with Crippen molar-refractivity contribution in [1.82, 2.24) is 10.2 Å². The number of nitriles is 1. The van der Waals surface area contributed by atoms with Gasteiger partial charge >= 0.3 is 11.8 Å². The number of hydrogen-bond donors (Lipinski definition) is 1. The van der Waals surface area contributed by atoms with Crippen LogP contribution < -0.4 is 5.32 Å². The first-order valence-corrected chi connectivity index (χ1v) is 3.64. The van der Waals surface area contributed by atoms with Gasteiger partial charge in [-0.05, 0) is 0 Å². The fourth-order valence-corrected chi connectivity index (χ4v) is 0.645. The number of nitrogens with one attached hydrogen (secondary N) is 1. The lowest BCUT2D eigenvalue weighted by Crippen LogP contribution is -2.41. The molecule has 13 heavy (non-hydrogen) atoms. The Balaban J connectivity index is 4.03. The van der Waals surface area contributed by atoms with Crippen LogP contribution in [0.1, 0.15) is 0 Å². The van der Waals surface area contributed by atoms with Gasteiger partial charge in [0.2, 0.25) is 0 Å². The molecule has 5 nitrogen and oxygen atoms in total. The van der Waals surface area contributed by atoms with Gasteiger partial charge in [0.1, 0.15) is 6.54 Å². The van der Waals surface area contributed by atoms with Crippen LogP contribution in [0.25, 0.3) is 0 Å². The Bertz CT molecular complexity index is 255. The largest absolute Gasteiger partial charge is 0.335 e. The van der Waals surface area contributed by atoms with Gasteiger partial charge in [-0.3, -0.25) is 9.59 Å². The number of carbonyl (C=O) groups is 2. The predicted octanol–water partition coefficient (Wildman–Crippen LogP) is -0.729. The lowest BCUT2D eigenvalue weighted by Gasteiger charge is -2.12. The number of carbonyl (C=O) groups excluding carboxylic acids is 2. The van der Waals surface area contributed by atoms with Crippen LogP contribution in [0.4, 0.5) is 0 Å². The minimum absolute atomic E-state index is 0.160. The van der Waals surface area contributed by atoms with E-state index in [1.807, 2.05) is 0 Å². The highest BCUT2D eigenvalue weighted by atomic mass is 16.2. The summed E-state index contributed by atoms with van der Waals surface area (Å²) in [5.41, 5.74) is 0. The van der Waals surface area contributed by atoms with Gasteiger partial charge in [-0.2, -0.15) is 5.26 Å². The Hall–Kier alpha value is -1.83. The average molecular weight is 181 g/mol. The minimum atomic E-state index is -0.772. The molecule has 0 aliphatic heterocycles. The van der Waals surface area contributed by atoms with E-state index in [9.17, 15) is 9.59 Å². The molecule has 0 aromatic carbocycles. The van der Waals surface area contributed by atoms with Crippen molar-refractivity contribution < 1.29 is 9.59 Å². The van der Waals surface area contributed by atoms with Crippen LogP contribution >= 0.6 is 0 Å². The van der Waals surface area contributed by atoms with E-state index in [0.29, 0.717) is 6.54 Å². The van der Waals surface area contributed by atoms with Gasteiger partial charge in [-0.1, -0.05) is 6.08 Å². The van der Waals surface area contributed by atoms with E-state index in [4.69, 9.17) is 5.26 Å². The average Bonchev–Trinajstić information content (AvgIpc) is 2.13. The van der Waals surface area contributed by atoms with E-state index in [2.05, 4.69) is 11.9 Å². The van der Waals surface area contributed by atoms with Crippen molar-refractivity contribution >= 4 is 11.8 Å². The van der Waals surface area contributed by atoms with Crippen LogP contribution in [0.3, 0.4) is 0 Å². The Morgan fingerprint density at radius 1 is 1.69 bits per heavy atom. The van der Waals surface area contributed by atoms with Gasteiger partial charge in [-0.15, -0.1) is 6.58 Å². The Morgan fingerprint density at radius 3 is 2.77 bits per heavy atom. The molecule has 0 aliphatic rings. The Kier molecular flexibility index (Phi) is 4.96. The number of amides is 2.